The topological polar surface area (TPSA) is 9.23 Å². The van der Waals surface area contributed by atoms with Crippen molar-refractivity contribution in [3.8, 4) is 8.74 Å². The van der Waals surface area contributed by atoms with E-state index >= 15 is 0 Å². The Bertz CT molecular complexity index is 3170. The van der Waals surface area contributed by atoms with Crippen LogP contribution in [0.25, 0.3) is 36.5 Å². The van der Waals surface area contributed by atoms with Crippen LogP contribution in [0.4, 0.5) is 0 Å². The average Bonchev–Trinajstić information content (AvgIpc) is 4.10. The molecule has 8 rings (SSSR count). The average molecular weight is 1300 g/mol. The fourth-order valence-electron chi connectivity index (χ4n) is 9.19. The summed E-state index contributed by atoms with van der Waals surface area (Å²) >= 11 is 3.60. The van der Waals surface area contributed by atoms with Gasteiger partial charge in [0.25, 0.3) is 0 Å². The molecular formula is C68H60OOs2P+. The van der Waals surface area contributed by atoms with E-state index in [4.69, 9.17) is 4.74 Å². The Morgan fingerprint density at radius 3 is 1.38 bits per heavy atom. The van der Waals surface area contributed by atoms with Crippen LogP contribution in [0.1, 0.15) is 73.4 Å². The summed E-state index contributed by atoms with van der Waals surface area (Å²) in [6, 6.07) is 59.4. The standard InChI is InChI=1S/C68H60OP.2Os/c1-6-19-54-30-34-56(35-31-54)38-39-57-36-32-55(33-37-57)20-17-21-61-22-18-23-64(61)48-62(52(3)4)46-44-58-40-42-59(43-41-58)45-47-63(49-65-51-69-50-60(65)7-2)53(5)70(66-24-11-8-12-25-66,67-26-13-9-14-27-67)68-28-15-10-16-29-68;;/h6-17,19-21,24-49H,18,22-23,50-51H2,1-3H3;;/q+1;;/b19-6+,20-17+,39-38+,46-44+,47-45+,60-7?,61-21?,62-52?,63-53?,64-48?,65-49?;;. The van der Waals surface area contributed by atoms with E-state index in [1.807, 2.05) is 24.9 Å². The van der Waals surface area contributed by atoms with Crippen molar-refractivity contribution >= 4 is 59.6 Å². The Morgan fingerprint density at radius 2 is 0.903 bits per heavy atom. The predicted octanol–water partition coefficient (Wildman–Crippen LogP) is 16.1. The third kappa shape index (κ3) is 13.2. The second-order valence-electron chi connectivity index (χ2n) is 17.8. The van der Waals surface area contributed by atoms with Crippen molar-refractivity contribution in [2.45, 2.75) is 40.0 Å². The Morgan fingerprint density at radius 1 is 0.472 bits per heavy atom. The van der Waals surface area contributed by atoms with Gasteiger partial charge in [0.15, 0.2) is 0 Å². The van der Waals surface area contributed by atoms with E-state index < -0.39 is 7.26 Å². The molecule has 6 aromatic rings. The molecule has 0 N–H and O–H groups in total. The third-order valence-electron chi connectivity index (χ3n) is 13.1. The zero-order valence-electron chi connectivity index (χ0n) is 41.3. The maximum atomic E-state index is 6.03. The second kappa shape index (κ2) is 26.4. The molecule has 4 heteroatoms. The summed E-state index contributed by atoms with van der Waals surface area (Å²) in [6.07, 6.45) is 34.5. The molecule has 0 radical (unpaired) electrons. The Labute approximate surface area is 449 Å². The monoisotopic (exact) mass is 1310 g/mol. The summed E-state index contributed by atoms with van der Waals surface area (Å²) in [7, 11) is -2.42. The van der Waals surface area contributed by atoms with Gasteiger partial charge in [-0.2, -0.15) is 0 Å². The minimum absolute atomic E-state index is 0.586. The fourth-order valence-corrected chi connectivity index (χ4v) is 15.4. The predicted molar refractivity (Wildman–Crippen MR) is 305 cm³/mol. The molecule has 0 unspecified atom stereocenters. The summed E-state index contributed by atoms with van der Waals surface area (Å²) in [4.78, 5) is 0. The molecule has 72 heavy (non-hydrogen) atoms. The van der Waals surface area contributed by atoms with Crippen LogP contribution >= 0.6 is 7.26 Å². The van der Waals surface area contributed by atoms with Crippen molar-refractivity contribution in [2.24, 2.45) is 0 Å². The third-order valence-corrected chi connectivity index (χ3v) is 19.4. The van der Waals surface area contributed by atoms with E-state index in [2.05, 4.69) is 271 Å². The van der Waals surface area contributed by atoms with E-state index in [-0.39, 0.29) is 0 Å². The first-order chi connectivity index (χ1) is 35.4. The van der Waals surface area contributed by atoms with Gasteiger partial charge in [0.05, 0.1) is 0 Å². The normalized spacial score (nSPS) is 17.3. The molecule has 1 heterocycles. The van der Waals surface area contributed by atoms with Crippen molar-refractivity contribution in [1.82, 2.24) is 0 Å². The second-order valence-corrected chi connectivity index (χ2v) is 22.4. The molecular weight excluding hydrogens is 1240 g/mol. The number of benzene rings is 6. The van der Waals surface area contributed by atoms with Crippen molar-refractivity contribution in [1.29, 1.82) is 0 Å². The SMILES string of the molecule is CC=C1COCC1=CC(/C=C/c1ccc(/C=C/C(C=C2CCCC2=C/C=C/c2ccc(/C=C/c3ccc(/C=C/C)cc3)cc2)=C(C)[C]#[Os])cc1)=C([C]#[Os])[P+](c1ccccc1)(c1ccccc1)c1ccccc1. The van der Waals surface area contributed by atoms with Gasteiger partial charge in [0.1, 0.15) is 0 Å². The first-order valence-corrected chi connectivity index (χ1v) is 29.0. The first kappa shape index (κ1) is 52.0. The van der Waals surface area contributed by atoms with Gasteiger partial charge in [-0.1, -0.05) is 48.6 Å². The molecule has 6 aromatic carbocycles. The van der Waals surface area contributed by atoms with Crippen molar-refractivity contribution in [3.63, 3.8) is 0 Å². The summed E-state index contributed by atoms with van der Waals surface area (Å²) < 4.78 is 13.3. The van der Waals surface area contributed by atoms with Gasteiger partial charge < -0.3 is 0 Å². The van der Waals surface area contributed by atoms with Gasteiger partial charge in [-0.15, -0.1) is 0 Å². The maximum absolute atomic E-state index is 6.03. The van der Waals surface area contributed by atoms with Gasteiger partial charge in [0.2, 0.25) is 0 Å². The van der Waals surface area contributed by atoms with Gasteiger partial charge in [0, 0.05) is 0 Å². The molecule has 2 aliphatic rings. The molecule has 0 amide bonds. The number of ether oxygens (including phenoxy) is 1. The van der Waals surface area contributed by atoms with Crippen molar-refractivity contribution in [2.75, 3.05) is 13.2 Å². The van der Waals surface area contributed by atoms with E-state index in [9.17, 15) is 0 Å². The minimum atomic E-state index is -2.42. The summed E-state index contributed by atoms with van der Waals surface area (Å²) in [5.41, 5.74) is 15.8. The summed E-state index contributed by atoms with van der Waals surface area (Å²) in [5, 5.41) is 5.10. The van der Waals surface area contributed by atoms with Gasteiger partial charge in [-0.3, -0.25) is 0 Å². The van der Waals surface area contributed by atoms with E-state index in [1.54, 1.807) is 17.9 Å². The Hall–Kier alpha value is -6.32. The summed E-state index contributed by atoms with van der Waals surface area (Å²) in [6.45, 7) is 7.53. The molecule has 2 fully saturated rings. The van der Waals surface area contributed by atoms with Crippen molar-refractivity contribution in [3.05, 3.63) is 290 Å². The molecule has 0 bridgehead atoms. The molecule has 1 nitrogen and oxygen atoms in total. The number of rotatable bonds is 15. The fraction of sp³-hybridized carbons (Fsp3) is 0.118. The van der Waals surface area contributed by atoms with Gasteiger partial charge in [-0.05, 0) is 23.6 Å². The molecule has 1 saturated carbocycles. The molecule has 1 aliphatic carbocycles. The zero-order valence-corrected chi connectivity index (χ0v) is 47.2. The number of hydrogen-bond donors (Lipinski definition) is 0. The van der Waals surface area contributed by atoms with Crippen LogP contribution in [0.3, 0.4) is 0 Å². The molecule has 0 spiro atoms. The molecule has 1 saturated heterocycles. The number of allylic oxidation sites excluding steroid dienone is 14. The van der Waals surface area contributed by atoms with Crippen molar-refractivity contribution < 1.29 is 40.6 Å². The van der Waals surface area contributed by atoms with Crippen LogP contribution in [0.5, 0.6) is 0 Å². The Balaban J connectivity index is 1.04. The molecule has 358 valence electrons. The Kier molecular flexibility index (Phi) is 19.1. The van der Waals surface area contributed by atoms with Crippen LogP contribution in [0.15, 0.2) is 257 Å². The molecule has 0 aromatic heterocycles. The zero-order chi connectivity index (χ0) is 50.0. The number of hydrogen-bond acceptors (Lipinski definition) is 1. The van der Waals surface area contributed by atoms with E-state index in [0.29, 0.717) is 13.2 Å². The van der Waals surface area contributed by atoms with Crippen LogP contribution < -0.4 is 15.9 Å². The molecule has 1 aliphatic heterocycles. The van der Waals surface area contributed by atoms with Crippen LogP contribution in [-0.4, -0.2) is 13.2 Å². The quantitative estimate of drug-likeness (QED) is 0.0566. The van der Waals surface area contributed by atoms with Crippen LogP contribution in [0.2, 0.25) is 0 Å². The molecule has 0 atom stereocenters. The van der Waals surface area contributed by atoms with Crippen LogP contribution in [-0.2, 0) is 40.6 Å². The van der Waals surface area contributed by atoms with E-state index in [0.717, 1.165) is 35.1 Å². The van der Waals surface area contributed by atoms with Crippen LogP contribution in [0, 0.1) is 8.74 Å². The van der Waals surface area contributed by atoms with Gasteiger partial charge in [-0.25, -0.2) is 0 Å². The first-order valence-electron chi connectivity index (χ1n) is 24.6. The van der Waals surface area contributed by atoms with Gasteiger partial charge >= 0.3 is 380 Å². The summed E-state index contributed by atoms with van der Waals surface area (Å²) in [5.74, 6) is 0. The van der Waals surface area contributed by atoms with E-state index in [1.165, 1.54) is 77.8 Å².